The molecule has 1 saturated heterocycles. The molecule has 0 saturated carbocycles. The Morgan fingerprint density at radius 3 is 2.71 bits per heavy atom. The Labute approximate surface area is 128 Å². The third-order valence-corrected chi connectivity index (χ3v) is 4.16. The lowest BCUT2D eigenvalue weighted by molar-refractivity contribution is -0.384. The summed E-state index contributed by atoms with van der Waals surface area (Å²) in [6, 6.07) is 2.27. The van der Waals surface area contributed by atoms with Crippen molar-refractivity contribution in [2.75, 3.05) is 31.1 Å². The van der Waals surface area contributed by atoms with Gasteiger partial charge in [-0.1, -0.05) is 11.6 Å². The van der Waals surface area contributed by atoms with E-state index in [0.29, 0.717) is 24.7 Å². The Morgan fingerprint density at radius 2 is 2.14 bits per heavy atom. The zero-order chi connectivity index (χ0) is 15.4. The summed E-state index contributed by atoms with van der Waals surface area (Å²) >= 11 is 5.66. The van der Waals surface area contributed by atoms with E-state index in [4.69, 9.17) is 11.6 Å². The largest absolute Gasteiger partial charge is 0.366 e. The molecular formula is C14H19ClFN3O2. The summed E-state index contributed by atoms with van der Waals surface area (Å²) in [4.78, 5) is 12.5. The standard InChI is InChI=1S/C14H19ClFN3O2/c1-2-18(9-10-3-5-17-6-4-10)13-8-12(16)11(15)7-14(13)19(20)21/h7-8,10,17H,2-6,9H2,1H3. The molecule has 7 heteroatoms. The quantitative estimate of drug-likeness (QED) is 0.669. The minimum atomic E-state index is -0.624. The number of nitro groups is 1. The minimum absolute atomic E-state index is 0.141. The molecule has 1 N–H and O–H groups in total. The number of nitrogens with zero attached hydrogens (tertiary/aromatic N) is 2. The van der Waals surface area contributed by atoms with Crippen molar-refractivity contribution in [2.45, 2.75) is 19.8 Å². The third-order valence-electron chi connectivity index (χ3n) is 3.87. The molecule has 1 fully saturated rings. The molecule has 1 aromatic rings. The van der Waals surface area contributed by atoms with Gasteiger partial charge >= 0.3 is 0 Å². The van der Waals surface area contributed by atoms with Gasteiger partial charge in [-0.2, -0.15) is 0 Å². The summed E-state index contributed by atoms with van der Waals surface area (Å²) in [6.07, 6.45) is 2.06. The van der Waals surface area contributed by atoms with Crippen LogP contribution in [0.25, 0.3) is 0 Å². The zero-order valence-electron chi connectivity index (χ0n) is 11.9. The highest BCUT2D eigenvalue weighted by molar-refractivity contribution is 6.31. The first-order chi connectivity index (χ1) is 10.0. The highest BCUT2D eigenvalue weighted by Crippen LogP contribution is 2.34. The van der Waals surface area contributed by atoms with Crippen LogP contribution in [0.5, 0.6) is 0 Å². The second-order valence-corrected chi connectivity index (χ2v) is 5.65. The molecule has 1 aliphatic rings. The Bertz CT molecular complexity index is 521. The molecule has 0 amide bonds. The maximum absolute atomic E-state index is 13.7. The smallest absolute Gasteiger partial charge is 0.294 e. The van der Waals surface area contributed by atoms with Crippen LogP contribution in [-0.4, -0.2) is 31.1 Å². The third kappa shape index (κ3) is 3.83. The van der Waals surface area contributed by atoms with Crippen molar-refractivity contribution >= 4 is 23.0 Å². The molecule has 0 bridgehead atoms. The number of piperidine rings is 1. The van der Waals surface area contributed by atoms with Gasteiger partial charge in [-0.25, -0.2) is 4.39 Å². The van der Waals surface area contributed by atoms with E-state index in [9.17, 15) is 14.5 Å². The molecule has 2 rings (SSSR count). The molecule has 0 radical (unpaired) electrons. The van der Waals surface area contributed by atoms with E-state index >= 15 is 0 Å². The van der Waals surface area contributed by atoms with E-state index in [1.165, 1.54) is 6.07 Å². The van der Waals surface area contributed by atoms with Crippen molar-refractivity contribution in [3.63, 3.8) is 0 Å². The van der Waals surface area contributed by atoms with Gasteiger partial charge in [0, 0.05) is 25.2 Å². The van der Waals surface area contributed by atoms with Gasteiger partial charge in [0.25, 0.3) is 5.69 Å². The van der Waals surface area contributed by atoms with Gasteiger partial charge in [0.05, 0.1) is 9.95 Å². The van der Waals surface area contributed by atoms with Crippen molar-refractivity contribution in [3.05, 3.63) is 33.1 Å². The first-order valence-corrected chi connectivity index (χ1v) is 7.49. The molecular weight excluding hydrogens is 297 g/mol. The van der Waals surface area contributed by atoms with Crippen molar-refractivity contribution < 1.29 is 9.31 Å². The van der Waals surface area contributed by atoms with Crippen LogP contribution in [0.3, 0.4) is 0 Å². The van der Waals surface area contributed by atoms with Crippen LogP contribution in [0.1, 0.15) is 19.8 Å². The number of halogens is 2. The fourth-order valence-electron chi connectivity index (χ4n) is 2.70. The second kappa shape index (κ2) is 7.04. The maximum atomic E-state index is 13.7. The number of hydrogen-bond donors (Lipinski definition) is 1. The van der Waals surface area contributed by atoms with Gasteiger partial charge in [0.2, 0.25) is 0 Å². The number of nitrogens with one attached hydrogen (secondary N) is 1. The predicted molar refractivity (Wildman–Crippen MR) is 81.5 cm³/mol. The zero-order valence-corrected chi connectivity index (χ0v) is 12.7. The van der Waals surface area contributed by atoms with Crippen molar-refractivity contribution in [1.29, 1.82) is 0 Å². The lowest BCUT2D eigenvalue weighted by atomic mass is 9.97. The van der Waals surface area contributed by atoms with Gasteiger partial charge in [-0.15, -0.1) is 0 Å². The van der Waals surface area contributed by atoms with E-state index in [1.807, 2.05) is 11.8 Å². The van der Waals surface area contributed by atoms with Gasteiger partial charge in [-0.05, 0) is 38.8 Å². The van der Waals surface area contributed by atoms with Crippen LogP contribution < -0.4 is 10.2 Å². The molecule has 1 heterocycles. The molecule has 0 unspecified atom stereocenters. The molecule has 1 aliphatic heterocycles. The van der Waals surface area contributed by atoms with Gasteiger partial charge in [0.1, 0.15) is 11.5 Å². The molecule has 5 nitrogen and oxygen atoms in total. The fourth-order valence-corrected chi connectivity index (χ4v) is 2.86. The Hall–Kier alpha value is -1.40. The average Bonchev–Trinajstić information content (AvgIpc) is 2.48. The summed E-state index contributed by atoms with van der Waals surface area (Å²) in [7, 11) is 0. The summed E-state index contributed by atoms with van der Waals surface area (Å²) in [5.41, 5.74) is 0.167. The second-order valence-electron chi connectivity index (χ2n) is 5.24. The van der Waals surface area contributed by atoms with E-state index in [-0.39, 0.29) is 10.7 Å². The Morgan fingerprint density at radius 1 is 1.48 bits per heavy atom. The summed E-state index contributed by atoms with van der Waals surface area (Å²) in [5.74, 6) is -0.162. The average molecular weight is 316 g/mol. The monoisotopic (exact) mass is 315 g/mol. The number of nitro benzene ring substituents is 1. The van der Waals surface area contributed by atoms with Gasteiger partial charge < -0.3 is 10.2 Å². The highest BCUT2D eigenvalue weighted by atomic mass is 35.5. The highest BCUT2D eigenvalue weighted by Gasteiger charge is 2.24. The Kier molecular flexibility index (Phi) is 5.36. The molecule has 0 aromatic heterocycles. The number of hydrogen-bond acceptors (Lipinski definition) is 4. The SMILES string of the molecule is CCN(CC1CCNCC1)c1cc(F)c(Cl)cc1[N+](=O)[O-]. The van der Waals surface area contributed by atoms with Crippen LogP contribution >= 0.6 is 11.6 Å². The van der Waals surface area contributed by atoms with Crippen molar-refractivity contribution in [3.8, 4) is 0 Å². The maximum Gasteiger partial charge on any atom is 0.294 e. The first kappa shape index (κ1) is 16.0. The van der Waals surface area contributed by atoms with E-state index in [0.717, 1.165) is 32.0 Å². The summed E-state index contributed by atoms with van der Waals surface area (Å²) in [5, 5.41) is 14.3. The molecule has 116 valence electrons. The van der Waals surface area contributed by atoms with Crippen LogP contribution in [0, 0.1) is 21.8 Å². The molecule has 1 aromatic carbocycles. The first-order valence-electron chi connectivity index (χ1n) is 7.12. The predicted octanol–water partition coefficient (Wildman–Crippen LogP) is 3.21. The van der Waals surface area contributed by atoms with E-state index in [2.05, 4.69) is 5.32 Å². The lowest BCUT2D eigenvalue weighted by Crippen LogP contribution is -2.36. The van der Waals surface area contributed by atoms with Crippen LogP contribution in [0.2, 0.25) is 5.02 Å². The van der Waals surface area contributed by atoms with Crippen molar-refractivity contribution in [1.82, 2.24) is 5.32 Å². The van der Waals surface area contributed by atoms with Gasteiger partial charge in [-0.3, -0.25) is 10.1 Å². The topological polar surface area (TPSA) is 58.4 Å². The number of rotatable bonds is 5. The van der Waals surface area contributed by atoms with Crippen LogP contribution in [-0.2, 0) is 0 Å². The molecule has 0 aliphatic carbocycles. The lowest BCUT2D eigenvalue weighted by Gasteiger charge is -2.30. The minimum Gasteiger partial charge on any atom is -0.366 e. The van der Waals surface area contributed by atoms with Crippen molar-refractivity contribution in [2.24, 2.45) is 5.92 Å². The Balaban J connectivity index is 2.27. The molecule has 0 atom stereocenters. The normalized spacial score (nSPS) is 16.0. The van der Waals surface area contributed by atoms with Crippen LogP contribution in [0.4, 0.5) is 15.8 Å². The summed E-state index contributed by atoms with van der Waals surface area (Å²) < 4.78 is 13.7. The number of anilines is 1. The van der Waals surface area contributed by atoms with Crippen LogP contribution in [0.15, 0.2) is 12.1 Å². The molecule has 0 spiro atoms. The molecule has 21 heavy (non-hydrogen) atoms. The van der Waals surface area contributed by atoms with Gasteiger partial charge in [0.15, 0.2) is 0 Å². The fraction of sp³-hybridized carbons (Fsp3) is 0.571. The van der Waals surface area contributed by atoms with E-state index < -0.39 is 10.7 Å². The van der Waals surface area contributed by atoms with E-state index in [1.54, 1.807) is 0 Å². The number of benzene rings is 1. The summed E-state index contributed by atoms with van der Waals surface area (Å²) in [6.45, 7) is 5.11.